The molecule has 0 aromatic rings. The zero-order valence-electron chi connectivity index (χ0n) is 9.82. The maximum Gasteiger partial charge on any atom is 0.305 e. The third-order valence-corrected chi connectivity index (χ3v) is 2.55. The fourth-order valence-corrected chi connectivity index (χ4v) is 1.23. The Morgan fingerprint density at radius 2 is 1.81 bits per heavy atom. The van der Waals surface area contributed by atoms with E-state index in [1.807, 2.05) is 0 Å². The molecule has 0 radical (unpaired) electrons. The summed E-state index contributed by atoms with van der Waals surface area (Å²) in [7, 11) is 1.24. The molecule has 0 rings (SSSR count). The smallest absolute Gasteiger partial charge is 0.305 e. The number of ketones is 1. The summed E-state index contributed by atoms with van der Waals surface area (Å²) in [6.07, 6.45) is 0.372. The highest BCUT2D eigenvalue weighted by atomic mass is 16.6. The number of methoxy groups -OCH3 is 1. The number of hydrogen-bond donors (Lipinski definition) is 0. The molecule has 0 fully saturated rings. The van der Waals surface area contributed by atoms with E-state index in [0.29, 0.717) is 0 Å². The number of Topliss-reactive ketones (excluding diaryl/α,β-unsaturated/α-hetero) is 1. The van der Waals surface area contributed by atoms with E-state index < -0.39 is 16.4 Å². The van der Waals surface area contributed by atoms with Gasteiger partial charge in [-0.2, -0.15) is 0 Å². The average molecular weight is 231 g/mol. The van der Waals surface area contributed by atoms with Crippen LogP contribution in [-0.4, -0.2) is 29.3 Å². The monoisotopic (exact) mass is 231 g/mol. The molecule has 0 aromatic heterocycles. The van der Waals surface area contributed by atoms with Crippen molar-refractivity contribution in [1.82, 2.24) is 0 Å². The predicted octanol–water partition coefficient (Wildman–Crippen LogP) is 1.34. The summed E-state index contributed by atoms with van der Waals surface area (Å²) >= 11 is 0. The SMILES string of the molecule is COC(=O)CCC(C)(CCC(C)=O)[N+](=O)[O-]. The molecule has 0 amide bonds. The quantitative estimate of drug-likeness (QED) is 0.375. The number of esters is 1. The van der Waals surface area contributed by atoms with Gasteiger partial charge in [-0.25, -0.2) is 0 Å². The maximum atomic E-state index is 10.9. The molecule has 0 aliphatic heterocycles. The molecule has 0 bridgehead atoms. The molecule has 0 spiro atoms. The van der Waals surface area contributed by atoms with Crippen molar-refractivity contribution in [3.05, 3.63) is 10.1 Å². The lowest BCUT2D eigenvalue weighted by Crippen LogP contribution is -2.36. The van der Waals surface area contributed by atoms with Gasteiger partial charge in [0.2, 0.25) is 5.54 Å². The summed E-state index contributed by atoms with van der Waals surface area (Å²) in [6, 6.07) is 0. The van der Waals surface area contributed by atoms with Gasteiger partial charge in [-0.15, -0.1) is 0 Å². The van der Waals surface area contributed by atoms with E-state index >= 15 is 0 Å². The van der Waals surface area contributed by atoms with Crippen LogP contribution in [0.1, 0.15) is 39.5 Å². The first-order valence-electron chi connectivity index (χ1n) is 5.02. The van der Waals surface area contributed by atoms with Gasteiger partial charge in [-0.3, -0.25) is 14.9 Å². The van der Waals surface area contributed by atoms with Gasteiger partial charge in [-0.1, -0.05) is 0 Å². The van der Waals surface area contributed by atoms with Crippen LogP contribution in [0.25, 0.3) is 0 Å². The number of nitrogens with zero attached hydrogens (tertiary/aromatic N) is 1. The van der Waals surface area contributed by atoms with Crippen molar-refractivity contribution in [2.45, 2.75) is 45.1 Å². The first kappa shape index (κ1) is 14.5. The third-order valence-electron chi connectivity index (χ3n) is 2.55. The van der Waals surface area contributed by atoms with Crippen LogP contribution in [0.15, 0.2) is 0 Å². The van der Waals surface area contributed by atoms with Crippen molar-refractivity contribution < 1.29 is 19.2 Å². The van der Waals surface area contributed by atoms with Gasteiger partial charge in [0.25, 0.3) is 0 Å². The van der Waals surface area contributed by atoms with E-state index in [2.05, 4.69) is 4.74 Å². The number of nitro groups is 1. The lowest BCUT2D eigenvalue weighted by molar-refractivity contribution is -0.567. The molecule has 16 heavy (non-hydrogen) atoms. The predicted molar refractivity (Wildman–Crippen MR) is 56.6 cm³/mol. The van der Waals surface area contributed by atoms with Crippen LogP contribution in [-0.2, 0) is 14.3 Å². The molecule has 6 nitrogen and oxygen atoms in total. The lowest BCUT2D eigenvalue weighted by Gasteiger charge is -2.19. The van der Waals surface area contributed by atoms with Crippen LogP contribution in [0.5, 0.6) is 0 Å². The van der Waals surface area contributed by atoms with Gasteiger partial charge < -0.3 is 9.53 Å². The van der Waals surface area contributed by atoms with Crippen molar-refractivity contribution in [2.75, 3.05) is 7.11 Å². The Kier molecular flexibility index (Phi) is 5.63. The molecule has 0 saturated heterocycles. The molecule has 92 valence electrons. The minimum absolute atomic E-state index is 0.00805. The second-order valence-electron chi connectivity index (χ2n) is 4.03. The highest BCUT2D eigenvalue weighted by Crippen LogP contribution is 2.23. The van der Waals surface area contributed by atoms with Gasteiger partial charge in [0.05, 0.1) is 13.5 Å². The van der Waals surface area contributed by atoms with Crippen LogP contribution in [0.2, 0.25) is 0 Å². The van der Waals surface area contributed by atoms with Gasteiger partial charge in [0, 0.05) is 31.1 Å². The normalized spacial score (nSPS) is 13.9. The molecule has 0 heterocycles. The summed E-state index contributed by atoms with van der Waals surface area (Å²) in [5.74, 6) is -0.568. The van der Waals surface area contributed by atoms with Crippen molar-refractivity contribution >= 4 is 11.8 Å². The topological polar surface area (TPSA) is 86.5 Å². The lowest BCUT2D eigenvalue weighted by atomic mass is 9.90. The van der Waals surface area contributed by atoms with Gasteiger partial charge in [-0.05, 0) is 6.92 Å². The van der Waals surface area contributed by atoms with Crippen LogP contribution in [0.4, 0.5) is 0 Å². The summed E-state index contributed by atoms with van der Waals surface area (Å²) in [4.78, 5) is 32.1. The van der Waals surface area contributed by atoms with Crippen LogP contribution >= 0.6 is 0 Å². The van der Waals surface area contributed by atoms with E-state index in [1.54, 1.807) is 0 Å². The van der Waals surface area contributed by atoms with Crippen molar-refractivity contribution in [3.8, 4) is 0 Å². The van der Waals surface area contributed by atoms with E-state index in [9.17, 15) is 19.7 Å². The van der Waals surface area contributed by atoms with Crippen LogP contribution in [0, 0.1) is 10.1 Å². The van der Waals surface area contributed by atoms with Gasteiger partial charge in [0.15, 0.2) is 0 Å². The molecule has 0 aliphatic carbocycles. The van der Waals surface area contributed by atoms with Crippen molar-refractivity contribution in [2.24, 2.45) is 0 Å². The standard InChI is InChI=1S/C10H17NO5/c1-8(12)4-6-10(2,11(14)15)7-5-9(13)16-3/h4-7H2,1-3H3. The Balaban J connectivity index is 4.39. The Morgan fingerprint density at radius 3 is 2.19 bits per heavy atom. The van der Waals surface area contributed by atoms with Gasteiger partial charge in [0.1, 0.15) is 5.78 Å². The molecule has 0 aliphatic rings. The highest BCUT2D eigenvalue weighted by molar-refractivity contribution is 5.75. The average Bonchev–Trinajstić information content (AvgIpc) is 2.22. The largest absolute Gasteiger partial charge is 0.469 e. The van der Waals surface area contributed by atoms with Crippen molar-refractivity contribution in [3.63, 3.8) is 0 Å². The van der Waals surface area contributed by atoms with E-state index in [-0.39, 0.29) is 31.5 Å². The Bertz CT molecular complexity index is 289. The maximum absolute atomic E-state index is 10.9. The third kappa shape index (κ3) is 4.86. The summed E-state index contributed by atoms with van der Waals surface area (Å²) in [5.41, 5.74) is -1.24. The molecule has 1 unspecified atom stereocenters. The summed E-state index contributed by atoms with van der Waals surface area (Å²) in [5, 5.41) is 10.9. The van der Waals surface area contributed by atoms with Crippen LogP contribution in [0.3, 0.4) is 0 Å². The molecule has 0 aromatic carbocycles. The second-order valence-corrected chi connectivity index (χ2v) is 4.03. The van der Waals surface area contributed by atoms with Crippen LogP contribution < -0.4 is 0 Å². The fraction of sp³-hybridized carbons (Fsp3) is 0.800. The molecule has 0 saturated carbocycles. The Labute approximate surface area is 94.1 Å². The molecular weight excluding hydrogens is 214 g/mol. The number of hydrogen-bond acceptors (Lipinski definition) is 5. The number of carbonyl (C=O) groups is 2. The minimum atomic E-state index is -1.24. The number of rotatable bonds is 7. The minimum Gasteiger partial charge on any atom is -0.469 e. The first-order chi connectivity index (χ1) is 7.31. The Morgan fingerprint density at radius 1 is 1.31 bits per heavy atom. The van der Waals surface area contributed by atoms with Crippen molar-refractivity contribution in [1.29, 1.82) is 0 Å². The number of ether oxygens (including phenoxy) is 1. The summed E-state index contributed by atoms with van der Waals surface area (Å²) < 4.78 is 4.42. The molecule has 0 N–H and O–H groups in total. The first-order valence-corrected chi connectivity index (χ1v) is 5.02. The van der Waals surface area contributed by atoms with E-state index in [4.69, 9.17) is 0 Å². The molecule has 1 atom stereocenters. The molecule has 6 heteroatoms. The molecular formula is C10H17NO5. The highest BCUT2D eigenvalue weighted by Gasteiger charge is 2.37. The Hall–Kier alpha value is -1.46. The van der Waals surface area contributed by atoms with E-state index in [1.165, 1.54) is 21.0 Å². The fourth-order valence-electron chi connectivity index (χ4n) is 1.23. The summed E-state index contributed by atoms with van der Waals surface area (Å²) in [6.45, 7) is 2.83. The van der Waals surface area contributed by atoms with Gasteiger partial charge >= 0.3 is 5.97 Å². The zero-order valence-corrected chi connectivity index (χ0v) is 9.82. The number of carbonyl (C=O) groups excluding carboxylic acids is 2. The second kappa shape index (κ2) is 6.19. The zero-order chi connectivity index (χ0) is 12.8. The van der Waals surface area contributed by atoms with E-state index in [0.717, 1.165) is 0 Å².